The molecule has 3 rings (SSSR count). The Bertz CT molecular complexity index is 842. The van der Waals surface area contributed by atoms with Gasteiger partial charge in [-0.3, -0.25) is 4.68 Å². The maximum absolute atomic E-state index is 13.2. The maximum Gasteiger partial charge on any atom is 0.176 e. The molecule has 0 unspecified atom stereocenters. The van der Waals surface area contributed by atoms with Crippen molar-refractivity contribution in [3.8, 4) is 0 Å². The molecule has 24 heavy (non-hydrogen) atoms. The van der Waals surface area contributed by atoms with Gasteiger partial charge in [-0.2, -0.15) is 5.10 Å². The van der Waals surface area contributed by atoms with Gasteiger partial charge in [0.25, 0.3) is 0 Å². The first-order valence-electron chi connectivity index (χ1n) is 7.51. The highest BCUT2D eigenvalue weighted by Gasteiger charge is 2.04. The Balaban J connectivity index is 1.59. The lowest BCUT2D eigenvalue weighted by Gasteiger charge is -2.08. The van der Waals surface area contributed by atoms with E-state index in [0.717, 1.165) is 0 Å². The van der Waals surface area contributed by atoms with Gasteiger partial charge in [0.15, 0.2) is 10.9 Å². The van der Waals surface area contributed by atoms with Gasteiger partial charge in [-0.15, -0.1) is 0 Å². The van der Waals surface area contributed by atoms with Crippen molar-refractivity contribution in [2.75, 3.05) is 10.6 Å². The summed E-state index contributed by atoms with van der Waals surface area (Å²) in [6, 6.07) is 16.3. The Morgan fingerprint density at radius 1 is 1.12 bits per heavy atom. The first kappa shape index (κ1) is 16.1. The molecule has 0 spiro atoms. The fourth-order valence-electron chi connectivity index (χ4n) is 2.24. The molecule has 0 aliphatic carbocycles. The predicted octanol–water partition coefficient (Wildman–Crippen LogP) is 4.19. The van der Waals surface area contributed by atoms with E-state index in [0.29, 0.717) is 23.2 Å². The van der Waals surface area contributed by atoms with Gasteiger partial charge in [-0.25, -0.2) is 4.39 Å². The summed E-state index contributed by atoms with van der Waals surface area (Å²) in [5, 5.41) is 10.7. The summed E-state index contributed by atoms with van der Waals surface area (Å²) in [6.07, 6.45) is 1.88. The van der Waals surface area contributed by atoms with Crippen LogP contribution in [0.5, 0.6) is 0 Å². The van der Waals surface area contributed by atoms with Gasteiger partial charge in [-0.05, 0) is 42.9 Å². The summed E-state index contributed by atoms with van der Waals surface area (Å²) in [6.45, 7) is 2.75. The standard InChI is InChI=1S/C18H17FN4S/c1-13-5-7-14(8-6-13)12-23-10-9-17(22-23)21-18(24)20-16-4-2-3-15(19)11-16/h2-11H,12H2,1H3,(H2,20,21,22,24). The van der Waals surface area contributed by atoms with Crippen LogP contribution in [0.4, 0.5) is 15.9 Å². The number of hydrogen-bond donors (Lipinski definition) is 2. The van der Waals surface area contributed by atoms with Crippen LogP contribution in [0.1, 0.15) is 11.1 Å². The SMILES string of the molecule is Cc1ccc(Cn2ccc(NC(=S)Nc3cccc(F)c3)n2)cc1. The summed E-state index contributed by atoms with van der Waals surface area (Å²) in [5.41, 5.74) is 3.00. The Morgan fingerprint density at radius 2 is 1.92 bits per heavy atom. The van der Waals surface area contributed by atoms with Crippen LogP contribution in [-0.4, -0.2) is 14.9 Å². The van der Waals surface area contributed by atoms with Gasteiger partial charge < -0.3 is 10.6 Å². The Hall–Kier alpha value is -2.73. The molecule has 4 nitrogen and oxygen atoms in total. The van der Waals surface area contributed by atoms with Crippen molar-refractivity contribution < 1.29 is 4.39 Å². The number of thiocarbonyl (C=S) groups is 1. The third-order valence-electron chi connectivity index (χ3n) is 3.43. The fraction of sp³-hybridized carbons (Fsp3) is 0.111. The molecule has 122 valence electrons. The van der Waals surface area contributed by atoms with Crippen LogP contribution in [0.25, 0.3) is 0 Å². The normalized spacial score (nSPS) is 10.4. The first-order valence-corrected chi connectivity index (χ1v) is 7.92. The van der Waals surface area contributed by atoms with Gasteiger partial charge in [0.2, 0.25) is 0 Å². The third-order valence-corrected chi connectivity index (χ3v) is 3.63. The molecular weight excluding hydrogens is 323 g/mol. The van der Waals surface area contributed by atoms with Gasteiger partial charge in [-0.1, -0.05) is 35.9 Å². The molecule has 0 saturated carbocycles. The van der Waals surface area contributed by atoms with E-state index in [1.54, 1.807) is 12.1 Å². The minimum Gasteiger partial charge on any atom is -0.332 e. The number of anilines is 2. The molecule has 2 N–H and O–H groups in total. The molecule has 0 saturated heterocycles. The number of aromatic nitrogens is 2. The summed E-state index contributed by atoms with van der Waals surface area (Å²) in [7, 11) is 0. The molecule has 3 aromatic rings. The molecule has 0 aliphatic rings. The van der Waals surface area contributed by atoms with Crippen molar-refractivity contribution in [3.05, 3.63) is 77.7 Å². The summed E-state index contributed by atoms with van der Waals surface area (Å²) in [4.78, 5) is 0. The second-order valence-electron chi connectivity index (χ2n) is 5.47. The highest BCUT2D eigenvalue weighted by molar-refractivity contribution is 7.80. The van der Waals surface area contributed by atoms with Crippen molar-refractivity contribution in [1.29, 1.82) is 0 Å². The molecule has 0 bridgehead atoms. The van der Waals surface area contributed by atoms with E-state index < -0.39 is 0 Å². The van der Waals surface area contributed by atoms with Crippen LogP contribution in [0.3, 0.4) is 0 Å². The van der Waals surface area contributed by atoms with E-state index in [9.17, 15) is 4.39 Å². The van der Waals surface area contributed by atoms with Gasteiger partial charge in [0.05, 0.1) is 6.54 Å². The number of nitrogens with zero attached hydrogens (tertiary/aromatic N) is 2. The lowest BCUT2D eigenvalue weighted by atomic mass is 10.1. The zero-order chi connectivity index (χ0) is 16.9. The van der Waals surface area contributed by atoms with Crippen molar-refractivity contribution in [2.24, 2.45) is 0 Å². The van der Waals surface area contributed by atoms with Crippen LogP contribution < -0.4 is 10.6 Å². The quantitative estimate of drug-likeness (QED) is 0.699. The van der Waals surface area contributed by atoms with Crippen molar-refractivity contribution in [1.82, 2.24) is 9.78 Å². The average molecular weight is 340 g/mol. The largest absolute Gasteiger partial charge is 0.332 e. The zero-order valence-electron chi connectivity index (χ0n) is 13.2. The Morgan fingerprint density at radius 3 is 2.67 bits per heavy atom. The molecule has 0 radical (unpaired) electrons. The monoisotopic (exact) mass is 340 g/mol. The first-order chi connectivity index (χ1) is 11.6. The summed E-state index contributed by atoms with van der Waals surface area (Å²) < 4.78 is 15.0. The van der Waals surface area contributed by atoms with Crippen LogP contribution in [-0.2, 0) is 6.54 Å². The van der Waals surface area contributed by atoms with E-state index in [2.05, 4.69) is 46.9 Å². The minimum atomic E-state index is -0.315. The zero-order valence-corrected chi connectivity index (χ0v) is 14.0. The van der Waals surface area contributed by atoms with E-state index in [-0.39, 0.29) is 5.82 Å². The van der Waals surface area contributed by atoms with Crippen molar-refractivity contribution in [2.45, 2.75) is 13.5 Å². The summed E-state index contributed by atoms with van der Waals surface area (Å²) in [5.74, 6) is 0.321. The van der Waals surface area contributed by atoms with E-state index in [1.807, 2.05) is 16.9 Å². The average Bonchev–Trinajstić information content (AvgIpc) is 2.96. The predicted molar refractivity (Wildman–Crippen MR) is 98.8 cm³/mol. The number of hydrogen-bond acceptors (Lipinski definition) is 2. The van der Waals surface area contributed by atoms with Crippen LogP contribution >= 0.6 is 12.2 Å². The molecule has 6 heteroatoms. The van der Waals surface area contributed by atoms with Crippen LogP contribution in [0.2, 0.25) is 0 Å². The van der Waals surface area contributed by atoms with E-state index in [4.69, 9.17) is 12.2 Å². The molecule has 0 fully saturated rings. The highest BCUT2D eigenvalue weighted by Crippen LogP contribution is 2.11. The lowest BCUT2D eigenvalue weighted by molar-refractivity contribution is 0.628. The van der Waals surface area contributed by atoms with E-state index >= 15 is 0 Å². The Kier molecular flexibility index (Phi) is 4.86. The van der Waals surface area contributed by atoms with Crippen molar-refractivity contribution in [3.63, 3.8) is 0 Å². The van der Waals surface area contributed by atoms with Gasteiger partial charge in [0, 0.05) is 18.0 Å². The topological polar surface area (TPSA) is 41.9 Å². The molecule has 1 heterocycles. The van der Waals surface area contributed by atoms with Crippen molar-refractivity contribution >= 4 is 28.8 Å². The molecule has 0 atom stereocenters. The number of rotatable bonds is 4. The highest BCUT2D eigenvalue weighted by atomic mass is 32.1. The Labute approximate surface area is 145 Å². The fourth-order valence-corrected chi connectivity index (χ4v) is 2.46. The number of nitrogens with one attached hydrogen (secondary N) is 2. The third kappa shape index (κ3) is 4.39. The molecule has 1 aromatic heterocycles. The number of aryl methyl sites for hydroxylation is 1. The second-order valence-corrected chi connectivity index (χ2v) is 5.88. The number of benzene rings is 2. The minimum absolute atomic E-state index is 0.315. The maximum atomic E-state index is 13.2. The van der Waals surface area contributed by atoms with Crippen LogP contribution in [0.15, 0.2) is 60.8 Å². The smallest absolute Gasteiger partial charge is 0.176 e. The van der Waals surface area contributed by atoms with Gasteiger partial charge in [0.1, 0.15) is 5.82 Å². The van der Waals surface area contributed by atoms with Gasteiger partial charge >= 0.3 is 0 Å². The van der Waals surface area contributed by atoms with E-state index in [1.165, 1.54) is 23.3 Å². The summed E-state index contributed by atoms with van der Waals surface area (Å²) >= 11 is 5.22. The van der Waals surface area contributed by atoms with Crippen LogP contribution in [0, 0.1) is 12.7 Å². The molecule has 0 amide bonds. The second kappa shape index (κ2) is 7.23. The number of halogens is 1. The molecular formula is C18H17FN4S. The molecule has 0 aliphatic heterocycles. The molecule has 2 aromatic carbocycles. The lowest BCUT2D eigenvalue weighted by Crippen LogP contribution is -2.19.